The number of amides is 1. The standard InChI is InChI=1S/C8H19N3O3S/c1-3-7(5-9)15(13,14)11-6-8(12)10-4-2/h7,11H,3-6,9H2,1-2H3,(H,10,12). The van der Waals surface area contributed by atoms with Gasteiger partial charge in [0.05, 0.1) is 11.8 Å². The summed E-state index contributed by atoms with van der Waals surface area (Å²) in [5.41, 5.74) is 5.31. The number of carbonyl (C=O) groups is 1. The fourth-order valence-electron chi connectivity index (χ4n) is 1.06. The van der Waals surface area contributed by atoms with Gasteiger partial charge in [0, 0.05) is 13.1 Å². The van der Waals surface area contributed by atoms with Crippen molar-refractivity contribution < 1.29 is 13.2 Å². The Morgan fingerprint density at radius 2 is 2.00 bits per heavy atom. The van der Waals surface area contributed by atoms with Crippen molar-refractivity contribution in [3.8, 4) is 0 Å². The summed E-state index contributed by atoms with van der Waals surface area (Å²) < 4.78 is 25.3. The van der Waals surface area contributed by atoms with Gasteiger partial charge in [-0.15, -0.1) is 0 Å². The molecular formula is C8H19N3O3S. The molecule has 0 bridgehead atoms. The zero-order valence-corrected chi connectivity index (χ0v) is 9.93. The summed E-state index contributed by atoms with van der Waals surface area (Å²) in [7, 11) is -3.47. The van der Waals surface area contributed by atoms with Crippen LogP contribution in [0.4, 0.5) is 0 Å². The van der Waals surface area contributed by atoms with Crippen molar-refractivity contribution in [2.24, 2.45) is 5.73 Å². The normalized spacial score (nSPS) is 13.5. The van der Waals surface area contributed by atoms with Gasteiger partial charge in [0.1, 0.15) is 0 Å². The molecule has 0 heterocycles. The van der Waals surface area contributed by atoms with E-state index in [2.05, 4.69) is 10.0 Å². The number of hydrogen-bond acceptors (Lipinski definition) is 4. The Morgan fingerprint density at radius 1 is 1.40 bits per heavy atom. The summed E-state index contributed by atoms with van der Waals surface area (Å²) in [6.07, 6.45) is 0.432. The highest BCUT2D eigenvalue weighted by molar-refractivity contribution is 7.90. The van der Waals surface area contributed by atoms with Gasteiger partial charge >= 0.3 is 0 Å². The van der Waals surface area contributed by atoms with Crippen molar-refractivity contribution in [1.29, 1.82) is 0 Å². The molecule has 6 nitrogen and oxygen atoms in total. The molecule has 0 aromatic carbocycles. The average molecular weight is 237 g/mol. The third kappa shape index (κ3) is 5.10. The predicted molar refractivity (Wildman–Crippen MR) is 58.7 cm³/mol. The monoisotopic (exact) mass is 237 g/mol. The van der Waals surface area contributed by atoms with Crippen LogP contribution in [0.3, 0.4) is 0 Å². The van der Waals surface area contributed by atoms with Crippen LogP contribution in [0, 0.1) is 0 Å². The zero-order chi connectivity index (χ0) is 11.9. The molecule has 1 amide bonds. The molecule has 1 atom stereocenters. The maximum Gasteiger partial charge on any atom is 0.235 e. The Kier molecular flexibility index (Phi) is 6.46. The van der Waals surface area contributed by atoms with E-state index in [1.54, 1.807) is 13.8 Å². The molecule has 0 aromatic heterocycles. The van der Waals surface area contributed by atoms with Crippen LogP contribution in [0.5, 0.6) is 0 Å². The number of likely N-dealkylation sites (N-methyl/N-ethyl adjacent to an activating group) is 1. The van der Waals surface area contributed by atoms with E-state index in [0.717, 1.165) is 0 Å². The molecule has 0 fully saturated rings. The van der Waals surface area contributed by atoms with Crippen molar-refractivity contribution in [1.82, 2.24) is 10.0 Å². The fourth-order valence-corrected chi connectivity index (χ4v) is 2.32. The Labute approximate surface area is 90.7 Å². The predicted octanol–water partition coefficient (Wildman–Crippen LogP) is -1.22. The molecule has 7 heteroatoms. The van der Waals surface area contributed by atoms with Crippen LogP contribution in [-0.4, -0.2) is 39.2 Å². The van der Waals surface area contributed by atoms with Gasteiger partial charge in [-0.05, 0) is 13.3 Å². The van der Waals surface area contributed by atoms with Crippen molar-refractivity contribution in [3.63, 3.8) is 0 Å². The highest BCUT2D eigenvalue weighted by Crippen LogP contribution is 2.01. The fraction of sp³-hybridized carbons (Fsp3) is 0.875. The van der Waals surface area contributed by atoms with E-state index in [9.17, 15) is 13.2 Å². The van der Waals surface area contributed by atoms with Crippen LogP contribution in [0.1, 0.15) is 20.3 Å². The minimum absolute atomic E-state index is 0.0568. The van der Waals surface area contributed by atoms with E-state index in [-0.39, 0.29) is 19.0 Å². The van der Waals surface area contributed by atoms with Gasteiger partial charge in [-0.1, -0.05) is 6.92 Å². The van der Waals surface area contributed by atoms with Crippen LogP contribution in [0.15, 0.2) is 0 Å². The summed E-state index contributed by atoms with van der Waals surface area (Å²) in [5.74, 6) is -0.340. The summed E-state index contributed by atoms with van der Waals surface area (Å²) in [6, 6.07) is 0. The highest BCUT2D eigenvalue weighted by Gasteiger charge is 2.22. The first-order valence-electron chi connectivity index (χ1n) is 4.93. The van der Waals surface area contributed by atoms with Crippen LogP contribution in [0.25, 0.3) is 0 Å². The van der Waals surface area contributed by atoms with Crippen LogP contribution >= 0.6 is 0 Å². The number of sulfonamides is 1. The SMILES string of the molecule is CCNC(=O)CNS(=O)(=O)C(CC)CN. The molecule has 0 rings (SSSR count). The number of hydrogen-bond donors (Lipinski definition) is 3. The molecule has 0 aliphatic rings. The molecule has 15 heavy (non-hydrogen) atoms. The van der Waals surface area contributed by atoms with Gasteiger partial charge in [0.25, 0.3) is 0 Å². The third-order valence-electron chi connectivity index (χ3n) is 1.96. The highest BCUT2D eigenvalue weighted by atomic mass is 32.2. The second kappa shape index (κ2) is 6.76. The molecule has 90 valence electrons. The molecular weight excluding hydrogens is 218 g/mol. The van der Waals surface area contributed by atoms with Crippen molar-refractivity contribution in [2.75, 3.05) is 19.6 Å². The van der Waals surface area contributed by atoms with Crippen LogP contribution in [0.2, 0.25) is 0 Å². The lowest BCUT2D eigenvalue weighted by atomic mass is 10.3. The smallest absolute Gasteiger partial charge is 0.235 e. The van der Waals surface area contributed by atoms with Crippen molar-refractivity contribution in [2.45, 2.75) is 25.5 Å². The quantitative estimate of drug-likeness (QED) is 0.516. The maximum atomic E-state index is 11.5. The van der Waals surface area contributed by atoms with Gasteiger partial charge in [-0.25, -0.2) is 13.1 Å². The Balaban J connectivity index is 4.21. The average Bonchev–Trinajstić information content (AvgIpc) is 2.17. The van der Waals surface area contributed by atoms with Crippen LogP contribution < -0.4 is 15.8 Å². The number of nitrogens with two attached hydrogens (primary N) is 1. The molecule has 0 spiro atoms. The Hall–Kier alpha value is -0.660. The van der Waals surface area contributed by atoms with E-state index in [4.69, 9.17) is 5.73 Å². The lowest BCUT2D eigenvalue weighted by Crippen LogP contribution is -2.43. The summed E-state index contributed by atoms with van der Waals surface area (Å²) in [5, 5.41) is 1.86. The molecule has 0 radical (unpaired) electrons. The van der Waals surface area contributed by atoms with E-state index < -0.39 is 15.3 Å². The Bertz CT molecular complexity index is 286. The summed E-state index contributed by atoms with van der Waals surface area (Å²) in [4.78, 5) is 11.0. The molecule has 0 aromatic rings. The lowest BCUT2D eigenvalue weighted by Gasteiger charge is -2.14. The van der Waals surface area contributed by atoms with Crippen molar-refractivity contribution in [3.05, 3.63) is 0 Å². The molecule has 0 saturated heterocycles. The van der Waals surface area contributed by atoms with Crippen molar-refractivity contribution >= 4 is 15.9 Å². The first-order valence-corrected chi connectivity index (χ1v) is 6.47. The van der Waals surface area contributed by atoms with Gasteiger partial charge < -0.3 is 11.1 Å². The lowest BCUT2D eigenvalue weighted by molar-refractivity contribution is -0.119. The summed E-state index contributed by atoms with van der Waals surface area (Å²) >= 11 is 0. The first-order chi connectivity index (χ1) is 6.97. The van der Waals surface area contributed by atoms with E-state index in [1.165, 1.54) is 0 Å². The minimum Gasteiger partial charge on any atom is -0.355 e. The number of nitrogens with one attached hydrogen (secondary N) is 2. The minimum atomic E-state index is -3.47. The second-order valence-corrected chi connectivity index (χ2v) is 5.13. The number of rotatable bonds is 7. The molecule has 0 aliphatic heterocycles. The second-order valence-electron chi connectivity index (χ2n) is 3.09. The van der Waals surface area contributed by atoms with E-state index in [1.807, 2.05) is 0 Å². The largest absolute Gasteiger partial charge is 0.355 e. The van der Waals surface area contributed by atoms with Crippen LogP contribution in [-0.2, 0) is 14.8 Å². The number of carbonyl (C=O) groups excluding carboxylic acids is 1. The molecule has 4 N–H and O–H groups in total. The van der Waals surface area contributed by atoms with Gasteiger partial charge in [-0.2, -0.15) is 0 Å². The maximum absolute atomic E-state index is 11.5. The summed E-state index contributed by atoms with van der Waals surface area (Å²) in [6.45, 7) is 3.81. The molecule has 0 aliphatic carbocycles. The zero-order valence-electron chi connectivity index (χ0n) is 9.12. The van der Waals surface area contributed by atoms with Gasteiger partial charge in [-0.3, -0.25) is 4.79 Å². The molecule has 0 saturated carbocycles. The van der Waals surface area contributed by atoms with Gasteiger partial charge in [0.2, 0.25) is 15.9 Å². The topological polar surface area (TPSA) is 101 Å². The van der Waals surface area contributed by atoms with E-state index >= 15 is 0 Å². The Morgan fingerprint density at radius 3 is 2.40 bits per heavy atom. The van der Waals surface area contributed by atoms with E-state index in [0.29, 0.717) is 13.0 Å². The first kappa shape index (κ1) is 14.3. The van der Waals surface area contributed by atoms with Gasteiger partial charge in [0.15, 0.2) is 0 Å². The third-order valence-corrected chi connectivity index (χ3v) is 3.92. The molecule has 1 unspecified atom stereocenters.